The van der Waals surface area contributed by atoms with Gasteiger partial charge in [-0.25, -0.2) is 17.8 Å². The van der Waals surface area contributed by atoms with Crippen LogP contribution in [0.3, 0.4) is 0 Å². The molecule has 1 unspecified atom stereocenters. The summed E-state index contributed by atoms with van der Waals surface area (Å²) < 4.78 is 37.9. The average molecular weight is 365 g/mol. The molecule has 1 amide bonds. The van der Waals surface area contributed by atoms with E-state index in [1.54, 1.807) is 17.2 Å². The second-order valence-electron chi connectivity index (χ2n) is 5.74. The Morgan fingerprint density at radius 1 is 1.24 bits per heavy atom. The Balaban J connectivity index is 2.12. The predicted molar refractivity (Wildman–Crippen MR) is 93.5 cm³/mol. The highest BCUT2D eigenvalue weighted by Crippen LogP contribution is 2.18. The molecule has 0 aliphatic rings. The molecule has 1 N–H and O–H groups in total. The van der Waals surface area contributed by atoms with Crippen LogP contribution < -0.4 is 10.2 Å². The molecule has 0 aliphatic carbocycles. The van der Waals surface area contributed by atoms with Gasteiger partial charge in [-0.05, 0) is 37.3 Å². The molecule has 1 atom stereocenters. The van der Waals surface area contributed by atoms with Crippen molar-refractivity contribution in [1.29, 1.82) is 0 Å². The van der Waals surface area contributed by atoms with Gasteiger partial charge in [-0.1, -0.05) is 6.07 Å². The van der Waals surface area contributed by atoms with Crippen LogP contribution in [0.2, 0.25) is 0 Å². The van der Waals surface area contributed by atoms with Crippen LogP contribution >= 0.6 is 0 Å². The zero-order valence-corrected chi connectivity index (χ0v) is 15.0. The van der Waals surface area contributed by atoms with E-state index in [9.17, 15) is 17.6 Å². The van der Waals surface area contributed by atoms with Gasteiger partial charge in [-0.3, -0.25) is 4.79 Å². The Kier molecular flexibility index (Phi) is 5.73. The van der Waals surface area contributed by atoms with Crippen LogP contribution in [0.5, 0.6) is 0 Å². The quantitative estimate of drug-likeness (QED) is 0.789. The minimum Gasteiger partial charge on any atom is -0.362 e. The highest BCUT2D eigenvalue weighted by molar-refractivity contribution is 7.92. The number of anilines is 1. The van der Waals surface area contributed by atoms with Crippen molar-refractivity contribution in [3.8, 4) is 0 Å². The molecule has 134 valence electrons. The average Bonchev–Trinajstić information content (AvgIpc) is 2.59. The van der Waals surface area contributed by atoms with E-state index in [4.69, 9.17) is 0 Å². The Hall–Kier alpha value is -2.48. The summed E-state index contributed by atoms with van der Waals surface area (Å²) in [5, 5.41) is 1.33. The first kappa shape index (κ1) is 18.9. The molecule has 0 radical (unpaired) electrons. The first-order valence-electron chi connectivity index (χ1n) is 7.62. The van der Waals surface area contributed by atoms with Crippen LogP contribution in [-0.4, -0.2) is 38.7 Å². The summed E-state index contributed by atoms with van der Waals surface area (Å²) in [7, 11) is -0.233. The Morgan fingerprint density at radius 3 is 2.48 bits per heavy atom. The maximum Gasteiger partial charge on any atom is 0.238 e. The first-order chi connectivity index (χ1) is 11.7. The second kappa shape index (κ2) is 7.60. The van der Waals surface area contributed by atoms with Gasteiger partial charge in [0, 0.05) is 32.4 Å². The fraction of sp³-hybridized carbons (Fsp3) is 0.294. The van der Waals surface area contributed by atoms with E-state index >= 15 is 0 Å². The van der Waals surface area contributed by atoms with Gasteiger partial charge in [0.2, 0.25) is 5.91 Å². The molecule has 0 saturated heterocycles. The number of carbonyl (C=O) groups is 1. The molecular formula is C17H20FN3O3S. The monoisotopic (exact) mass is 365 g/mol. The molecule has 8 heteroatoms. The van der Waals surface area contributed by atoms with Crippen LogP contribution in [0.1, 0.15) is 12.5 Å². The Labute approximate surface area is 146 Å². The van der Waals surface area contributed by atoms with Gasteiger partial charge in [-0.15, -0.1) is 0 Å². The van der Waals surface area contributed by atoms with E-state index < -0.39 is 26.8 Å². The van der Waals surface area contributed by atoms with Crippen LogP contribution in [0.15, 0.2) is 47.5 Å². The number of hydrogen-bond acceptors (Lipinski definition) is 5. The van der Waals surface area contributed by atoms with E-state index in [0.717, 1.165) is 29.8 Å². The number of hydrogen-bond donors (Lipinski definition) is 1. The fourth-order valence-corrected chi connectivity index (χ4v) is 3.56. The number of aromatic nitrogens is 1. The number of nitrogens with zero attached hydrogens (tertiary/aromatic N) is 2. The molecule has 0 aliphatic heterocycles. The molecule has 2 aromatic rings. The van der Waals surface area contributed by atoms with Gasteiger partial charge >= 0.3 is 0 Å². The number of sulfone groups is 1. The van der Waals surface area contributed by atoms with E-state index in [0.29, 0.717) is 5.82 Å². The fourth-order valence-electron chi connectivity index (χ4n) is 2.27. The summed E-state index contributed by atoms with van der Waals surface area (Å²) in [5.74, 6) is -0.474. The van der Waals surface area contributed by atoms with E-state index in [2.05, 4.69) is 10.3 Å². The van der Waals surface area contributed by atoms with Gasteiger partial charge in [0.05, 0.1) is 4.90 Å². The van der Waals surface area contributed by atoms with Crippen molar-refractivity contribution < 1.29 is 17.6 Å². The lowest BCUT2D eigenvalue weighted by Gasteiger charge is -2.17. The lowest BCUT2D eigenvalue weighted by Crippen LogP contribution is -2.37. The summed E-state index contributed by atoms with van der Waals surface area (Å²) >= 11 is 0. The van der Waals surface area contributed by atoms with Crippen LogP contribution in [-0.2, 0) is 21.2 Å². The molecule has 6 nitrogen and oxygen atoms in total. The minimum absolute atomic E-state index is 0.0908. The smallest absolute Gasteiger partial charge is 0.238 e. The van der Waals surface area contributed by atoms with Gasteiger partial charge in [0.25, 0.3) is 0 Å². The standard InChI is InChI=1S/C17H20FN3O3S/c1-12(25(23,24)15-8-6-14(18)7-9-15)17(22)20-11-13-5-4-10-19-16(13)21(2)3/h4-10,12H,11H2,1-3H3,(H,20,22). The number of halogens is 1. The van der Waals surface area contributed by atoms with Crippen LogP contribution in [0.4, 0.5) is 10.2 Å². The largest absolute Gasteiger partial charge is 0.362 e. The zero-order chi connectivity index (χ0) is 18.6. The maximum atomic E-state index is 13.0. The third-order valence-electron chi connectivity index (χ3n) is 3.72. The highest BCUT2D eigenvalue weighted by atomic mass is 32.2. The van der Waals surface area contributed by atoms with Gasteiger partial charge in [0.1, 0.15) is 16.9 Å². The molecule has 0 spiro atoms. The maximum absolute atomic E-state index is 13.0. The first-order valence-corrected chi connectivity index (χ1v) is 9.16. The summed E-state index contributed by atoms with van der Waals surface area (Å²) in [4.78, 5) is 18.2. The Bertz CT molecular complexity index is 852. The van der Waals surface area contributed by atoms with Crippen LogP contribution in [0.25, 0.3) is 0 Å². The summed E-state index contributed by atoms with van der Waals surface area (Å²) in [6, 6.07) is 7.96. The van der Waals surface area contributed by atoms with Crippen molar-refractivity contribution in [2.75, 3.05) is 19.0 Å². The van der Waals surface area contributed by atoms with Crippen LogP contribution in [0, 0.1) is 5.82 Å². The lowest BCUT2D eigenvalue weighted by molar-refractivity contribution is -0.120. The normalized spacial score (nSPS) is 12.5. The molecule has 1 aromatic heterocycles. The molecule has 1 aromatic carbocycles. The van der Waals surface area contributed by atoms with Crippen molar-refractivity contribution in [2.45, 2.75) is 23.6 Å². The third-order valence-corrected chi connectivity index (χ3v) is 5.80. The summed E-state index contributed by atoms with van der Waals surface area (Å²) in [6.07, 6.45) is 1.64. The Morgan fingerprint density at radius 2 is 1.88 bits per heavy atom. The van der Waals surface area contributed by atoms with E-state index in [1.807, 2.05) is 20.2 Å². The number of amides is 1. The summed E-state index contributed by atoms with van der Waals surface area (Å²) in [5.41, 5.74) is 0.771. The molecule has 2 rings (SSSR count). The number of rotatable bonds is 6. The van der Waals surface area contributed by atoms with Crippen molar-refractivity contribution in [1.82, 2.24) is 10.3 Å². The molecule has 0 saturated carbocycles. The topological polar surface area (TPSA) is 79.4 Å². The molecule has 0 fully saturated rings. The SMILES string of the molecule is CC(C(=O)NCc1cccnc1N(C)C)S(=O)(=O)c1ccc(F)cc1. The zero-order valence-electron chi connectivity index (χ0n) is 14.2. The van der Waals surface area contributed by atoms with Crippen molar-refractivity contribution >= 4 is 21.6 Å². The van der Waals surface area contributed by atoms with Crippen molar-refractivity contribution in [2.24, 2.45) is 0 Å². The number of nitrogens with one attached hydrogen (secondary N) is 1. The molecular weight excluding hydrogens is 345 g/mol. The third kappa shape index (κ3) is 4.33. The number of pyridine rings is 1. The van der Waals surface area contributed by atoms with Gasteiger partial charge < -0.3 is 10.2 Å². The number of carbonyl (C=O) groups excluding carboxylic acids is 1. The van der Waals surface area contributed by atoms with Gasteiger partial charge in [-0.2, -0.15) is 0 Å². The molecule has 1 heterocycles. The minimum atomic E-state index is -3.89. The summed E-state index contributed by atoms with van der Waals surface area (Å²) in [6.45, 7) is 1.47. The highest BCUT2D eigenvalue weighted by Gasteiger charge is 2.29. The van der Waals surface area contributed by atoms with E-state index in [1.165, 1.54) is 6.92 Å². The number of benzene rings is 1. The lowest BCUT2D eigenvalue weighted by atomic mass is 10.2. The molecule has 0 bridgehead atoms. The van der Waals surface area contributed by atoms with E-state index in [-0.39, 0.29) is 11.4 Å². The predicted octanol–water partition coefficient (Wildman–Crippen LogP) is 1.77. The second-order valence-corrected chi connectivity index (χ2v) is 8.01. The molecule has 25 heavy (non-hydrogen) atoms. The van der Waals surface area contributed by atoms with Gasteiger partial charge in [0.15, 0.2) is 9.84 Å². The van der Waals surface area contributed by atoms with Crippen molar-refractivity contribution in [3.63, 3.8) is 0 Å². The van der Waals surface area contributed by atoms with Crippen molar-refractivity contribution in [3.05, 3.63) is 54.0 Å².